The quantitative estimate of drug-likeness (QED) is 0.557. The van der Waals surface area contributed by atoms with Crippen molar-refractivity contribution in [1.82, 2.24) is 25.3 Å². The first-order valence-electron chi connectivity index (χ1n) is 14.9. The van der Waals surface area contributed by atoms with E-state index in [1.54, 1.807) is 0 Å². The smallest absolute Gasteiger partial charge is 0.219 e. The van der Waals surface area contributed by atoms with E-state index in [0.29, 0.717) is 29.7 Å². The Morgan fingerprint density at radius 3 is 2.79 bits per heavy atom. The van der Waals surface area contributed by atoms with Crippen LogP contribution in [0.2, 0.25) is 0 Å². The van der Waals surface area contributed by atoms with Gasteiger partial charge in [0, 0.05) is 43.2 Å². The monoisotopic (exact) mass is 532 g/mol. The summed E-state index contributed by atoms with van der Waals surface area (Å²) in [5.74, 6) is 2.81. The Morgan fingerprint density at radius 1 is 1.15 bits per heavy atom. The number of fused-ring (bicyclic) bond motifs is 2. The number of rotatable bonds is 6. The predicted octanol–water partition coefficient (Wildman–Crippen LogP) is 3.82. The Balaban J connectivity index is 1.28. The van der Waals surface area contributed by atoms with Gasteiger partial charge in [0.2, 0.25) is 17.5 Å². The summed E-state index contributed by atoms with van der Waals surface area (Å²) in [6, 6.07) is 2.25. The standard InChI is InChI=1S/C30H40N6O3/c1-3-22(21-9-7-16-35(21)2)38-25-18-24(36-17-15-31-29(19-36)13-14-29)32-28(33-25)26-20-8-6-12-30(27(20)34-39-26)11-5-4-10-23(30)37/h3,18,21-22,31H,1,4-17,19H2,2H3/t21-,22-,30+/m0/s1. The minimum absolute atomic E-state index is 0.169. The van der Waals surface area contributed by atoms with Gasteiger partial charge in [-0.15, -0.1) is 0 Å². The molecular weight excluding hydrogens is 492 g/mol. The second-order valence-corrected chi connectivity index (χ2v) is 12.4. The maximum atomic E-state index is 13.2. The molecule has 2 saturated carbocycles. The van der Waals surface area contributed by atoms with E-state index in [1.165, 1.54) is 12.8 Å². The zero-order chi connectivity index (χ0) is 26.6. The molecular formula is C30H40N6O3. The van der Waals surface area contributed by atoms with Gasteiger partial charge in [0.15, 0.2) is 0 Å². The van der Waals surface area contributed by atoms with Gasteiger partial charge < -0.3 is 19.5 Å². The highest BCUT2D eigenvalue weighted by molar-refractivity contribution is 5.91. The van der Waals surface area contributed by atoms with Gasteiger partial charge in [0.25, 0.3) is 0 Å². The van der Waals surface area contributed by atoms with Crippen LogP contribution >= 0.6 is 0 Å². The van der Waals surface area contributed by atoms with Gasteiger partial charge in [0.05, 0.1) is 11.5 Å². The van der Waals surface area contributed by atoms with Crippen LogP contribution in [0.15, 0.2) is 23.2 Å². The number of carbonyl (C=O) groups excluding carboxylic acids is 1. The first kappa shape index (κ1) is 25.2. The van der Waals surface area contributed by atoms with Crippen molar-refractivity contribution in [3.8, 4) is 17.5 Å². The van der Waals surface area contributed by atoms with Gasteiger partial charge in [-0.3, -0.25) is 9.69 Å². The summed E-state index contributed by atoms with van der Waals surface area (Å²) in [5, 5.41) is 8.24. The van der Waals surface area contributed by atoms with Gasteiger partial charge >= 0.3 is 0 Å². The lowest BCUT2D eigenvalue weighted by atomic mass is 9.64. The van der Waals surface area contributed by atoms with Crippen molar-refractivity contribution in [1.29, 1.82) is 0 Å². The number of hydrogen-bond acceptors (Lipinski definition) is 9. The summed E-state index contributed by atoms with van der Waals surface area (Å²) >= 11 is 0. The molecule has 0 radical (unpaired) electrons. The van der Waals surface area contributed by atoms with Gasteiger partial charge in [-0.05, 0) is 77.5 Å². The molecule has 39 heavy (non-hydrogen) atoms. The van der Waals surface area contributed by atoms with Gasteiger partial charge in [-0.1, -0.05) is 18.2 Å². The number of aromatic nitrogens is 3. The maximum absolute atomic E-state index is 13.2. The normalized spacial score (nSPS) is 29.0. The lowest BCUT2D eigenvalue weighted by Crippen LogP contribution is -2.52. The minimum Gasteiger partial charge on any atom is -0.468 e. The second kappa shape index (κ2) is 9.70. The number of piperazine rings is 1. The topological polar surface area (TPSA) is 96.6 Å². The molecule has 0 amide bonds. The Morgan fingerprint density at radius 2 is 2.03 bits per heavy atom. The third-order valence-corrected chi connectivity index (χ3v) is 9.95. The highest BCUT2D eigenvalue weighted by Crippen LogP contribution is 2.47. The van der Waals surface area contributed by atoms with E-state index >= 15 is 0 Å². The Kier molecular flexibility index (Phi) is 6.27. The zero-order valence-corrected chi connectivity index (χ0v) is 23.1. The first-order chi connectivity index (χ1) is 19.0. The van der Waals surface area contributed by atoms with Crippen LogP contribution in [0.25, 0.3) is 11.6 Å². The molecule has 2 saturated heterocycles. The van der Waals surface area contributed by atoms with Crippen molar-refractivity contribution < 1.29 is 14.1 Å². The van der Waals surface area contributed by atoms with E-state index in [4.69, 9.17) is 19.2 Å². The molecule has 5 aliphatic rings. The van der Waals surface area contributed by atoms with E-state index in [2.05, 4.69) is 33.9 Å². The van der Waals surface area contributed by atoms with Crippen molar-refractivity contribution in [2.75, 3.05) is 38.1 Å². The van der Waals surface area contributed by atoms with E-state index < -0.39 is 5.41 Å². The number of ether oxygens (including phenoxy) is 1. The van der Waals surface area contributed by atoms with Crippen LogP contribution in [-0.2, 0) is 16.6 Å². The molecule has 1 N–H and O–H groups in total. The van der Waals surface area contributed by atoms with Crippen molar-refractivity contribution in [3.63, 3.8) is 0 Å². The van der Waals surface area contributed by atoms with E-state index in [1.807, 2.05) is 12.1 Å². The number of hydrogen-bond donors (Lipinski definition) is 1. The van der Waals surface area contributed by atoms with E-state index in [0.717, 1.165) is 94.6 Å². The molecule has 2 spiro atoms. The number of anilines is 1. The van der Waals surface area contributed by atoms with Crippen molar-refractivity contribution >= 4 is 11.6 Å². The van der Waals surface area contributed by atoms with Gasteiger partial charge in [0.1, 0.15) is 23.4 Å². The number of likely N-dealkylation sites (N-methyl/N-ethyl adjacent to an activating group) is 1. The predicted molar refractivity (Wildman–Crippen MR) is 148 cm³/mol. The molecule has 0 aromatic carbocycles. The number of nitrogens with one attached hydrogen (secondary N) is 1. The van der Waals surface area contributed by atoms with E-state index in [9.17, 15) is 4.79 Å². The van der Waals surface area contributed by atoms with Crippen LogP contribution in [0, 0.1) is 0 Å². The van der Waals surface area contributed by atoms with Crippen LogP contribution < -0.4 is 15.0 Å². The molecule has 3 aliphatic carbocycles. The zero-order valence-electron chi connectivity index (χ0n) is 23.1. The Labute approximate surface area is 230 Å². The lowest BCUT2D eigenvalue weighted by Gasteiger charge is -2.37. The molecule has 2 aromatic heterocycles. The fraction of sp³-hybridized carbons (Fsp3) is 0.667. The second-order valence-electron chi connectivity index (χ2n) is 12.4. The highest BCUT2D eigenvalue weighted by atomic mass is 16.5. The Bertz CT molecular complexity index is 1270. The summed E-state index contributed by atoms with van der Waals surface area (Å²) in [7, 11) is 2.15. The van der Waals surface area contributed by atoms with Gasteiger partial charge in [-0.25, -0.2) is 4.98 Å². The van der Waals surface area contributed by atoms with Crippen molar-refractivity contribution in [2.45, 2.75) is 93.7 Å². The first-order valence-corrected chi connectivity index (χ1v) is 14.9. The molecule has 9 nitrogen and oxygen atoms in total. The minimum atomic E-state index is -0.498. The summed E-state index contributed by atoms with van der Waals surface area (Å²) in [5.41, 5.74) is 1.55. The molecule has 0 bridgehead atoms. The van der Waals surface area contributed by atoms with Crippen molar-refractivity contribution in [3.05, 3.63) is 30.0 Å². The molecule has 0 unspecified atom stereocenters. The summed E-state index contributed by atoms with van der Waals surface area (Å²) < 4.78 is 12.6. The molecule has 2 aliphatic heterocycles. The maximum Gasteiger partial charge on any atom is 0.219 e. The SMILES string of the molecule is C=C[C@H](Oc1cc(N2CCNC3(CC3)C2)nc(-c2onc3c2CCC[C@@]32CCCCC2=O)n1)[C@@H]1CCCN1C. The van der Waals surface area contributed by atoms with Crippen LogP contribution in [0.1, 0.15) is 75.5 Å². The van der Waals surface area contributed by atoms with Crippen molar-refractivity contribution in [2.24, 2.45) is 0 Å². The number of likely N-dealkylation sites (tertiary alicyclic amines) is 1. The lowest BCUT2D eigenvalue weighted by molar-refractivity contribution is -0.127. The largest absolute Gasteiger partial charge is 0.468 e. The molecule has 2 aromatic rings. The number of ketones is 1. The molecule has 4 fully saturated rings. The number of carbonyl (C=O) groups is 1. The fourth-order valence-corrected chi connectivity index (χ4v) is 7.53. The summed E-state index contributed by atoms with van der Waals surface area (Å²) in [6.45, 7) is 7.88. The average molecular weight is 533 g/mol. The van der Waals surface area contributed by atoms with Crippen LogP contribution in [0.3, 0.4) is 0 Å². The number of nitrogens with zero attached hydrogens (tertiary/aromatic N) is 5. The average Bonchev–Trinajstić information content (AvgIpc) is 3.32. The highest BCUT2D eigenvalue weighted by Gasteiger charge is 2.48. The van der Waals surface area contributed by atoms with Crippen LogP contribution in [-0.4, -0.2) is 76.7 Å². The Hall–Kier alpha value is -2.78. The van der Waals surface area contributed by atoms with Gasteiger partial charge in [-0.2, -0.15) is 4.98 Å². The molecule has 208 valence electrons. The molecule has 7 rings (SSSR count). The third-order valence-electron chi connectivity index (χ3n) is 9.95. The van der Waals surface area contributed by atoms with Crippen LogP contribution in [0.4, 0.5) is 5.82 Å². The molecule has 9 heteroatoms. The van der Waals surface area contributed by atoms with Crippen LogP contribution in [0.5, 0.6) is 5.88 Å². The molecule has 4 heterocycles. The molecule has 3 atom stereocenters. The summed E-state index contributed by atoms with van der Waals surface area (Å²) in [6.07, 6.45) is 12.5. The fourth-order valence-electron chi connectivity index (χ4n) is 7.53. The van der Waals surface area contributed by atoms with E-state index in [-0.39, 0.29) is 17.7 Å². The summed E-state index contributed by atoms with van der Waals surface area (Å²) in [4.78, 5) is 27.9. The third kappa shape index (κ3) is 4.38. The number of Topliss-reactive ketones (excluding diaryl/α,β-unsaturated/α-hetero) is 1.